The highest BCUT2D eigenvalue weighted by Crippen LogP contribution is 2.46. The van der Waals surface area contributed by atoms with Crippen LogP contribution in [0.4, 0.5) is 17.1 Å². The lowest BCUT2D eigenvalue weighted by molar-refractivity contribution is 1.31. The van der Waals surface area contributed by atoms with Crippen LogP contribution >= 0.6 is 22.7 Å². The first-order chi connectivity index (χ1) is 25.3. The molecule has 11 rings (SSSR count). The SMILES string of the molecule is c1ccc2c(c1)ccc1ccc3ccc(-c4ccc(N(c5ccc6sc7ccccc7c6c5)c5cccc6c5sc5ccccc56)cc4)cc3c12. The molecule has 0 aliphatic carbocycles. The largest absolute Gasteiger partial charge is 0.309 e. The molecule has 0 saturated carbocycles. The van der Waals surface area contributed by atoms with Crippen LogP contribution in [-0.2, 0) is 0 Å². The van der Waals surface area contributed by atoms with Gasteiger partial charge in [0.1, 0.15) is 0 Å². The number of hydrogen-bond donors (Lipinski definition) is 0. The van der Waals surface area contributed by atoms with Crippen molar-refractivity contribution in [1.29, 1.82) is 0 Å². The molecule has 11 aromatic rings. The first-order valence-corrected chi connectivity index (χ1v) is 19.0. The summed E-state index contributed by atoms with van der Waals surface area (Å²) in [6.07, 6.45) is 0. The second kappa shape index (κ2) is 11.3. The van der Waals surface area contributed by atoms with Crippen LogP contribution in [-0.4, -0.2) is 0 Å². The van der Waals surface area contributed by atoms with Gasteiger partial charge in [0.25, 0.3) is 0 Å². The number of thiophene rings is 2. The molecule has 2 aromatic heterocycles. The maximum atomic E-state index is 2.45. The van der Waals surface area contributed by atoms with Gasteiger partial charge in [0, 0.05) is 47.0 Å². The van der Waals surface area contributed by atoms with Gasteiger partial charge in [-0.1, -0.05) is 121 Å². The van der Waals surface area contributed by atoms with Gasteiger partial charge in [-0.25, -0.2) is 0 Å². The van der Waals surface area contributed by atoms with Crippen LogP contribution in [0.1, 0.15) is 0 Å². The zero-order chi connectivity index (χ0) is 33.5. The first-order valence-electron chi connectivity index (χ1n) is 17.3. The molecule has 1 nitrogen and oxygen atoms in total. The number of nitrogens with zero attached hydrogens (tertiary/aromatic N) is 1. The van der Waals surface area contributed by atoms with Crippen LogP contribution in [0.5, 0.6) is 0 Å². The smallest absolute Gasteiger partial charge is 0.0640 e. The van der Waals surface area contributed by atoms with E-state index in [4.69, 9.17) is 0 Å². The normalized spacial score (nSPS) is 11.9. The topological polar surface area (TPSA) is 3.24 Å². The number of anilines is 3. The van der Waals surface area contributed by atoms with Crippen LogP contribution in [0, 0.1) is 0 Å². The Morgan fingerprint density at radius 1 is 0.333 bits per heavy atom. The van der Waals surface area contributed by atoms with Gasteiger partial charge in [0.2, 0.25) is 0 Å². The Bertz CT molecular complexity index is 3140. The van der Waals surface area contributed by atoms with Crippen molar-refractivity contribution in [3.63, 3.8) is 0 Å². The van der Waals surface area contributed by atoms with Gasteiger partial charge < -0.3 is 4.90 Å². The van der Waals surface area contributed by atoms with Crippen LogP contribution in [0.25, 0.3) is 83.8 Å². The molecule has 0 amide bonds. The fourth-order valence-corrected chi connectivity index (χ4v) is 10.3. The summed E-state index contributed by atoms with van der Waals surface area (Å²) >= 11 is 3.74. The van der Waals surface area contributed by atoms with Crippen molar-refractivity contribution in [1.82, 2.24) is 0 Å². The summed E-state index contributed by atoms with van der Waals surface area (Å²) in [7, 11) is 0. The average Bonchev–Trinajstić information content (AvgIpc) is 3.77. The Morgan fingerprint density at radius 3 is 1.75 bits per heavy atom. The van der Waals surface area contributed by atoms with Crippen molar-refractivity contribution in [3.8, 4) is 11.1 Å². The molecule has 0 aliphatic rings. The van der Waals surface area contributed by atoms with Gasteiger partial charge in [-0.2, -0.15) is 0 Å². The van der Waals surface area contributed by atoms with E-state index in [9.17, 15) is 0 Å². The minimum atomic E-state index is 1.14. The summed E-state index contributed by atoms with van der Waals surface area (Å²) < 4.78 is 5.24. The summed E-state index contributed by atoms with van der Waals surface area (Å²) in [4.78, 5) is 2.45. The number of hydrogen-bond acceptors (Lipinski definition) is 3. The van der Waals surface area contributed by atoms with E-state index in [1.54, 1.807) is 0 Å². The molecule has 9 aromatic carbocycles. The Labute approximate surface area is 302 Å². The molecular weight excluding hydrogens is 655 g/mol. The van der Waals surface area contributed by atoms with Crippen molar-refractivity contribution in [3.05, 3.63) is 176 Å². The molecule has 0 aliphatic heterocycles. The lowest BCUT2D eigenvalue weighted by Crippen LogP contribution is -2.10. The van der Waals surface area contributed by atoms with Gasteiger partial charge in [-0.05, 0) is 98.0 Å². The summed E-state index contributed by atoms with van der Waals surface area (Å²) in [5.41, 5.74) is 5.92. The van der Waals surface area contributed by atoms with Gasteiger partial charge in [-0.3, -0.25) is 0 Å². The van der Waals surface area contributed by atoms with E-state index in [1.165, 1.54) is 89.5 Å². The van der Waals surface area contributed by atoms with Gasteiger partial charge in [0.15, 0.2) is 0 Å². The zero-order valence-corrected chi connectivity index (χ0v) is 29.1. The Hall–Kier alpha value is -6.00. The van der Waals surface area contributed by atoms with Crippen LogP contribution in [0.3, 0.4) is 0 Å². The lowest BCUT2D eigenvalue weighted by Gasteiger charge is -2.26. The maximum Gasteiger partial charge on any atom is 0.0640 e. The summed E-state index contributed by atoms with van der Waals surface area (Å²) in [5.74, 6) is 0. The highest BCUT2D eigenvalue weighted by molar-refractivity contribution is 7.26. The first kappa shape index (κ1) is 28.8. The summed E-state index contributed by atoms with van der Waals surface area (Å²) in [6.45, 7) is 0. The van der Waals surface area contributed by atoms with Gasteiger partial charge in [-0.15, -0.1) is 22.7 Å². The molecular formula is C48H29NS2. The van der Waals surface area contributed by atoms with Crippen molar-refractivity contribution in [2.45, 2.75) is 0 Å². The highest BCUT2D eigenvalue weighted by atomic mass is 32.1. The highest BCUT2D eigenvalue weighted by Gasteiger charge is 2.19. The molecule has 0 N–H and O–H groups in total. The van der Waals surface area contributed by atoms with E-state index in [0.717, 1.165) is 11.4 Å². The minimum absolute atomic E-state index is 1.14. The second-order valence-electron chi connectivity index (χ2n) is 13.3. The van der Waals surface area contributed by atoms with Crippen molar-refractivity contribution < 1.29 is 0 Å². The molecule has 0 radical (unpaired) electrons. The van der Waals surface area contributed by atoms with E-state index in [-0.39, 0.29) is 0 Å². The molecule has 0 atom stereocenters. The molecule has 0 fully saturated rings. The standard InChI is InChI=1S/C48H29NS2/c1-2-9-37-31(8-1)16-19-33-20-17-32-18-21-34(28-41(32)47(33)37)30-22-24-35(25-23-30)49(36-26-27-46-42(29-36)39-11-4-5-14-44(39)50-46)43-13-7-12-40-38-10-3-6-15-45(38)51-48(40)43/h1-29H. The molecule has 51 heavy (non-hydrogen) atoms. The van der Waals surface area contributed by atoms with Crippen LogP contribution < -0.4 is 4.90 Å². The Morgan fingerprint density at radius 2 is 0.922 bits per heavy atom. The van der Waals surface area contributed by atoms with Crippen molar-refractivity contribution >= 4 is 112 Å². The molecule has 3 heteroatoms. The third kappa shape index (κ3) is 4.52. The third-order valence-electron chi connectivity index (χ3n) is 10.4. The average molecular weight is 684 g/mol. The van der Waals surface area contributed by atoms with Crippen LogP contribution in [0.2, 0.25) is 0 Å². The van der Waals surface area contributed by atoms with E-state index >= 15 is 0 Å². The van der Waals surface area contributed by atoms with Gasteiger partial charge in [0.05, 0.1) is 10.4 Å². The fourth-order valence-electron chi connectivity index (χ4n) is 8.00. The maximum absolute atomic E-state index is 2.45. The molecule has 0 bridgehead atoms. The van der Waals surface area contributed by atoms with E-state index in [1.807, 2.05) is 22.7 Å². The Kier molecular flexibility index (Phi) is 6.36. The predicted molar refractivity (Wildman–Crippen MR) is 225 cm³/mol. The number of benzene rings is 9. The molecule has 0 spiro atoms. The van der Waals surface area contributed by atoms with E-state index in [2.05, 4.69) is 181 Å². The second-order valence-corrected chi connectivity index (χ2v) is 15.4. The van der Waals surface area contributed by atoms with Crippen molar-refractivity contribution in [2.24, 2.45) is 0 Å². The molecule has 238 valence electrons. The fraction of sp³-hybridized carbons (Fsp3) is 0. The predicted octanol–water partition coefficient (Wildman–Crippen LogP) is 15.0. The minimum Gasteiger partial charge on any atom is -0.309 e. The zero-order valence-electron chi connectivity index (χ0n) is 27.5. The summed E-state index contributed by atoms with van der Waals surface area (Å²) in [5, 5.41) is 12.9. The van der Waals surface area contributed by atoms with E-state index in [0.29, 0.717) is 0 Å². The summed E-state index contributed by atoms with van der Waals surface area (Å²) in [6, 6.07) is 65.0. The lowest BCUT2D eigenvalue weighted by atomic mass is 9.94. The quantitative estimate of drug-likeness (QED) is 0.167. The molecule has 0 unspecified atom stereocenters. The van der Waals surface area contributed by atoms with Gasteiger partial charge >= 0.3 is 0 Å². The molecule has 0 saturated heterocycles. The number of rotatable bonds is 4. The monoisotopic (exact) mass is 683 g/mol. The van der Waals surface area contributed by atoms with Crippen LogP contribution in [0.15, 0.2) is 176 Å². The van der Waals surface area contributed by atoms with Crippen molar-refractivity contribution in [2.75, 3.05) is 4.90 Å². The molecule has 2 heterocycles. The van der Waals surface area contributed by atoms with E-state index < -0.39 is 0 Å². The third-order valence-corrected chi connectivity index (χ3v) is 12.8. The Balaban J connectivity index is 1.09. The number of fused-ring (bicyclic) bond motifs is 11.